The van der Waals surface area contributed by atoms with Gasteiger partial charge in [0.2, 0.25) is 5.88 Å². The fourth-order valence-corrected chi connectivity index (χ4v) is 3.35. The number of alkyl halides is 3. The van der Waals surface area contributed by atoms with E-state index in [4.69, 9.17) is 12.2 Å². The van der Waals surface area contributed by atoms with Crippen molar-refractivity contribution >= 4 is 17.6 Å². The molecule has 1 saturated heterocycles. The number of ether oxygens (including phenoxy) is 2. The van der Waals surface area contributed by atoms with E-state index in [0.29, 0.717) is 18.2 Å². The first-order valence-electron chi connectivity index (χ1n) is 11.3. The van der Waals surface area contributed by atoms with Gasteiger partial charge in [-0.2, -0.15) is 0 Å². The van der Waals surface area contributed by atoms with Crippen molar-refractivity contribution in [3.05, 3.63) is 17.8 Å². The predicted octanol–water partition coefficient (Wildman–Crippen LogP) is 3.13. The number of anilines is 1. The van der Waals surface area contributed by atoms with Gasteiger partial charge in [0, 0.05) is 0 Å². The van der Waals surface area contributed by atoms with Gasteiger partial charge in [-0.15, -0.1) is 0 Å². The number of aromatic nitrogens is 1. The predicted molar refractivity (Wildman–Crippen MR) is 107 cm³/mol. The maximum Gasteiger partial charge on any atom is 0.331 e. The first-order valence-corrected chi connectivity index (χ1v) is 10.3. The molecule has 0 unspecified atom stereocenters. The summed E-state index contributed by atoms with van der Waals surface area (Å²) in [5.74, 6) is -4.05. The molecule has 1 aliphatic carbocycles. The zero-order valence-corrected chi connectivity index (χ0v) is 17.6. The summed E-state index contributed by atoms with van der Waals surface area (Å²) in [7, 11) is 0. The molecule has 2 aliphatic rings. The van der Waals surface area contributed by atoms with Crippen LogP contribution in [0.5, 0.6) is 5.88 Å². The third-order valence-corrected chi connectivity index (χ3v) is 5.62. The number of nitrogens with zero attached hydrogens (tertiary/aromatic N) is 2. The lowest BCUT2D eigenvalue weighted by molar-refractivity contribution is -0.152. The van der Waals surface area contributed by atoms with Crippen LogP contribution >= 0.6 is 0 Å². The Morgan fingerprint density at radius 3 is 2.55 bits per heavy atom. The number of nitrogens with one attached hydrogen (secondary N) is 1. The summed E-state index contributed by atoms with van der Waals surface area (Å²) in [6, 6.07) is 2.83. The van der Waals surface area contributed by atoms with E-state index >= 15 is 0 Å². The van der Waals surface area contributed by atoms with Crippen molar-refractivity contribution in [1.82, 2.24) is 10.3 Å². The van der Waals surface area contributed by atoms with E-state index in [9.17, 15) is 22.8 Å². The smallest absolute Gasteiger partial charge is 0.331 e. The Morgan fingerprint density at radius 1 is 1.32 bits per heavy atom. The number of pyridine rings is 1. The fourth-order valence-electron chi connectivity index (χ4n) is 3.35. The zero-order valence-electron chi connectivity index (χ0n) is 19.6. The molecular formula is C21H28F3N3O4. The van der Waals surface area contributed by atoms with Gasteiger partial charge in [-0.05, 0) is 43.7 Å². The van der Waals surface area contributed by atoms with E-state index in [1.807, 2.05) is 0 Å². The highest BCUT2D eigenvalue weighted by atomic mass is 19.3. The van der Waals surface area contributed by atoms with Crippen LogP contribution in [0.15, 0.2) is 12.1 Å². The monoisotopic (exact) mass is 445 g/mol. The van der Waals surface area contributed by atoms with Gasteiger partial charge in [0.1, 0.15) is 30.2 Å². The number of esters is 1. The minimum Gasteiger partial charge on any atom is -0.476 e. The molecule has 1 aromatic heterocycles. The normalized spacial score (nSPS) is 19.1. The van der Waals surface area contributed by atoms with E-state index in [1.54, 1.807) is 13.8 Å². The average Bonchev–Trinajstić information content (AvgIpc) is 3.56. The van der Waals surface area contributed by atoms with Gasteiger partial charge in [-0.1, -0.05) is 13.8 Å². The Bertz CT molecular complexity index is 882. The fraction of sp³-hybridized carbons (Fsp3) is 0.667. The minimum atomic E-state index is -3.20. The molecule has 2 fully saturated rings. The minimum absolute atomic E-state index is 0.0665. The molecule has 1 amide bonds. The summed E-state index contributed by atoms with van der Waals surface area (Å²) in [4.78, 5) is 31.1. The summed E-state index contributed by atoms with van der Waals surface area (Å²) >= 11 is 0. The molecular weight excluding hydrogens is 415 g/mol. The number of hydrogen-bond acceptors (Lipinski definition) is 6. The molecule has 1 aliphatic heterocycles. The van der Waals surface area contributed by atoms with E-state index in [-0.39, 0.29) is 24.4 Å². The average molecular weight is 445 g/mol. The summed E-state index contributed by atoms with van der Waals surface area (Å²) in [5.41, 5.74) is -1.24. The molecule has 3 rings (SSSR count). The number of carbonyl (C=O) groups is 2. The number of amides is 1. The summed E-state index contributed by atoms with van der Waals surface area (Å²) in [5, 5.41) is 2.57. The van der Waals surface area contributed by atoms with Gasteiger partial charge in [-0.3, -0.25) is 4.79 Å². The van der Waals surface area contributed by atoms with Gasteiger partial charge in [0.25, 0.3) is 11.8 Å². The molecule has 31 heavy (non-hydrogen) atoms. The molecule has 0 bridgehead atoms. The topological polar surface area (TPSA) is 80.8 Å². The zero-order chi connectivity index (χ0) is 24.4. The lowest BCUT2D eigenvalue weighted by Gasteiger charge is -2.40. The van der Waals surface area contributed by atoms with Crippen molar-refractivity contribution in [2.45, 2.75) is 51.0 Å². The SMILES string of the molecule is [2H]C([2H])(F)COC(=O)C(CC)(CC)NC(=O)c1ccc(N2CC(F)(F)C2)c(OCC2CC2)n1. The van der Waals surface area contributed by atoms with Crippen molar-refractivity contribution in [2.24, 2.45) is 5.92 Å². The Kier molecular flexibility index (Phi) is 6.13. The molecule has 2 heterocycles. The van der Waals surface area contributed by atoms with Crippen molar-refractivity contribution < 1.29 is 35.0 Å². The first-order chi connectivity index (χ1) is 15.4. The Hall–Kier alpha value is -2.52. The summed E-state index contributed by atoms with van der Waals surface area (Å²) < 4.78 is 64.1. The quantitative estimate of drug-likeness (QED) is 0.527. The second-order valence-corrected chi connectivity index (χ2v) is 7.94. The lowest BCUT2D eigenvalue weighted by atomic mass is 9.92. The van der Waals surface area contributed by atoms with E-state index in [2.05, 4.69) is 10.3 Å². The molecule has 1 N–H and O–H groups in total. The number of carbonyl (C=O) groups excluding carboxylic acids is 2. The van der Waals surface area contributed by atoms with E-state index in [1.165, 1.54) is 17.0 Å². The second-order valence-electron chi connectivity index (χ2n) is 7.94. The van der Waals surface area contributed by atoms with Gasteiger partial charge >= 0.3 is 5.97 Å². The van der Waals surface area contributed by atoms with Crippen LogP contribution in [0.2, 0.25) is 0 Å². The Labute approximate surface area is 182 Å². The second kappa shape index (κ2) is 9.32. The van der Waals surface area contributed by atoms with E-state index < -0.39 is 49.7 Å². The molecule has 0 atom stereocenters. The number of halogens is 3. The highest BCUT2D eigenvalue weighted by Gasteiger charge is 2.45. The van der Waals surface area contributed by atoms with Crippen LogP contribution in [0.3, 0.4) is 0 Å². The van der Waals surface area contributed by atoms with Crippen LogP contribution < -0.4 is 15.0 Å². The van der Waals surface area contributed by atoms with Crippen molar-refractivity contribution in [3.63, 3.8) is 0 Å². The van der Waals surface area contributed by atoms with Crippen LogP contribution in [0.4, 0.5) is 18.9 Å². The van der Waals surface area contributed by atoms with Crippen LogP contribution in [0.25, 0.3) is 0 Å². The third kappa shape index (κ3) is 5.40. The Morgan fingerprint density at radius 2 is 2.00 bits per heavy atom. The van der Waals surface area contributed by atoms with Gasteiger partial charge in [-0.25, -0.2) is 22.9 Å². The molecule has 172 valence electrons. The highest BCUT2D eigenvalue weighted by Crippen LogP contribution is 2.38. The molecule has 0 aromatic carbocycles. The lowest BCUT2D eigenvalue weighted by Crippen LogP contribution is -2.56. The first kappa shape index (κ1) is 20.4. The third-order valence-electron chi connectivity index (χ3n) is 5.62. The number of hydrogen-bond donors (Lipinski definition) is 1. The van der Waals surface area contributed by atoms with Crippen LogP contribution in [0, 0.1) is 5.92 Å². The maximum atomic E-state index is 13.4. The molecule has 7 nitrogen and oxygen atoms in total. The largest absolute Gasteiger partial charge is 0.476 e. The highest BCUT2D eigenvalue weighted by molar-refractivity contribution is 5.97. The van der Waals surface area contributed by atoms with Gasteiger partial charge in [0.05, 0.1) is 22.4 Å². The van der Waals surface area contributed by atoms with Gasteiger partial charge < -0.3 is 19.7 Å². The summed E-state index contributed by atoms with van der Waals surface area (Å²) in [6.45, 7) is -1.63. The Balaban J connectivity index is 1.77. The maximum absolute atomic E-state index is 13.4. The molecule has 1 aromatic rings. The van der Waals surface area contributed by atoms with Crippen molar-refractivity contribution in [1.29, 1.82) is 0 Å². The standard InChI is InChI=1S/C21H28F3N3O4/c1-3-20(4-2,19(29)30-10-9-22)26-17(28)15-7-8-16(27-12-21(23,24)13-27)18(25-15)31-11-14-5-6-14/h7-8,14H,3-6,9-13H2,1-2H3,(H,26,28)/i9D2. The van der Waals surface area contributed by atoms with E-state index in [0.717, 1.165) is 12.8 Å². The molecule has 10 heteroatoms. The van der Waals surface area contributed by atoms with Crippen LogP contribution in [-0.2, 0) is 9.53 Å². The molecule has 1 saturated carbocycles. The summed E-state index contributed by atoms with van der Waals surface area (Å²) in [6.07, 6.45) is 2.22. The van der Waals surface area contributed by atoms with Crippen LogP contribution in [0.1, 0.15) is 52.8 Å². The van der Waals surface area contributed by atoms with Crippen LogP contribution in [-0.4, -0.2) is 61.3 Å². The number of rotatable bonds is 11. The van der Waals surface area contributed by atoms with Crippen molar-refractivity contribution in [2.75, 3.05) is 37.8 Å². The van der Waals surface area contributed by atoms with Crippen molar-refractivity contribution in [3.8, 4) is 5.88 Å². The van der Waals surface area contributed by atoms with Gasteiger partial charge in [0.15, 0.2) is 0 Å². The molecule has 0 radical (unpaired) electrons. The molecule has 0 spiro atoms.